The maximum atomic E-state index is 9.87. The van der Waals surface area contributed by atoms with Crippen LogP contribution in [0.4, 0.5) is 0 Å². The Balaban J connectivity index is 2.80. The molecule has 0 saturated carbocycles. The van der Waals surface area contributed by atoms with Crippen LogP contribution in [-0.4, -0.2) is 11.2 Å². The highest BCUT2D eigenvalue weighted by atomic mass is 16.3. The van der Waals surface area contributed by atoms with Crippen molar-refractivity contribution in [1.29, 1.82) is 0 Å². The molecule has 1 aromatic carbocycles. The molecule has 0 unspecified atom stereocenters. The van der Waals surface area contributed by atoms with Crippen LogP contribution in [0.25, 0.3) is 0 Å². The van der Waals surface area contributed by atoms with Gasteiger partial charge in [0.2, 0.25) is 0 Å². The fourth-order valence-corrected chi connectivity index (χ4v) is 1.38. The van der Waals surface area contributed by atoms with E-state index in [1.54, 1.807) is 6.08 Å². The van der Waals surface area contributed by atoms with E-state index in [-0.39, 0.29) is 5.92 Å². The zero-order valence-corrected chi connectivity index (χ0v) is 8.48. The molecule has 0 aliphatic heterocycles. The molecule has 0 spiro atoms. The Labute approximate surface area is 85.4 Å². The quantitative estimate of drug-likeness (QED) is 0.720. The van der Waals surface area contributed by atoms with Crippen LogP contribution < -0.4 is 0 Å². The molecular weight excluding hydrogens is 172 g/mol. The van der Waals surface area contributed by atoms with Crippen LogP contribution in [0.5, 0.6) is 0 Å². The van der Waals surface area contributed by atoms with Crippen molar-refractivity contribution in [3.05, 3.63) is 60.7 Å². The third kappa shape index (κ3) is 2.33. The van der Waals surface area contributed by atoms with Gasteiger partial charge in [-0.3, -0.25) is 0 Å². The first-order chi connectivity index (χ1) is 6.66. The number of benzene rings is 1. The first kappa shape index (κ1) is 10.7. The summed E-state index contributed by atoms with van der Waals surface area (Å²) in [7, 11) is 0. The molecule has 1 N–H and O–H groups in total. The van der Waals surface area contributed by atoms with Gasteiger partial charge >= 0.3 is 0 Å². The maximum Gasteiger partial charge on any atom is 0.0849 e. The lowest BCUT2D eigenvalue weighted by atomic mass is 9.91. The summed E-state index contributed by atoms with van der Waals surface area (Å²) < 4.78 is 0. The van der Waals surface area contributed by atoms with E-state index in [1.165, 1.54) is 0 Å². The van der Waals surface area contributed by atoms with E-state index in [1.807, 2.05) is 37.3 Å². The van der Waals surface area contributed by atoms with Gasteiger partial charge in [0.15, 0.2) is 0 Å². The number of aliphatic hydroxyl groups is 1. The second-order valence-electron chi connectivity index (χ2n) is 3.42. The van der Waals surface area contributed by atoms with Gasteiger partial charge in [-0.05, 0) is 11.1 Å². The van der Waals surface area contributed by atoms with Crippen LogP contribution in [0.15, 0.2) is 55.1 Å². The van der Waals surface area contributed by atoms with E-state index in [0.29, 0.717) is 5.57 Å². The van der Waals surface area contributed by atoms with Gasteiger partial charge in [-0.25, -0.2) is 0 Å². The van der Waals surface area contributed by atoms with E-state index in [4.69, 9.17) is 0 Å². The minimum Gasteiger partial charge on any atom is -0.388 e. The van der Waals surface area contributed by atoms with Crippen molar-refractivity contribution in [2.75, 3.05) is 0 Å². The third-order valence-electron chi connectivity index (χ3n) is 2.44. The Kier molecular flexibility index (Phi) is 3.66. The van der Waals surface area contributed by atoms with Crippen molar-refractivity contribution in [2.24, 2.45) is 0 Å². The Morgan fingerprint density at radius 1 is 1.36 bits per heavy atom. The molecule has 1 nitrogen and oxygen atoms in total. The minimum absolute atomic E-state index is 0.0571. The summed E-state index contributed by atoms with van der Waals surface area (Å²) in [5.41, 5.74) is 1.78. The summed E-state index contributed by atoms with van der Waals surface area (Å²) in [6.45, 7) is 9.33. The lowest BCUT2D eigenvalue weighted by molar-refractivity contribution is 0.189. The van der Waals surface area contributed by atoms with Crippen LogP contribution in [0.3, 0.4) is 0 Å². The summed E-state index contributed by atoms with van der Waals surface area (Å²) >= 11 is 0. The smallest absolute Gasteiger partial charge is 0.0849 e. The average molecular weight is 188 g/mol. The Morgan fingerprint density at radius 2 is 1.93 bits per heavy atom. The summed E-state index contributed by atoms with van der Waals surface area (Å²) in [5, 5.41) is 9.87. The average Bonchev–Trinajstić information content (AvgIpc) is 2.27. The van der Waals surface area contributed by atoms with Crippen molar-refractivity contribution < 1.29 is 5.11 Å². The van der Waals surface area contributed by atoms with Gasteiger partial charge in [0.25, 0.3) is 0 Å². The second kappa shape index (κ2) is 4.77. The first-order valence-corrected chi connectivity index (χ1v) is 4.71. The lowest BCUT2D eigenvalue weighted by Gasteiger charge is -2.19. The number of hydrogen-bond donors (Lipinski definition) is 1. The predicted molar refractivity (Wildman–Crippen MR) is 60.2 cm³/mol. The van der Waals surface area contributed by atoms with Crippen LogP contribution in [0, 0.1) is 0 Å². The Morgan fingerprint density at radius 3 is 2.43 bits per heavy atom. The molecule has 0 bridgehead atoms. The molecule has 0 aromatic heterocycles. The molecule has 1 heteroatoms. The van der Waals surface area contributed by atoms with Gasteiger partial charge in [-0.2, -0.15) is 0 Å². The van der Waals surface area contributed by atoms with Gasteiger partial charge in [-0.15, -0.1) is 0 Å². The second-order valence-corrected chi connectivity index (χ2v) is 3.42. The molecular formula is C13H16O. The molecule has 0 aliphatic rings. The summed E-state index contributed by atoms with van der Waals surface area (Å²) in [6, 6.07) is 9.91. The van der Waals surface area contributed by atoms with Gasteiger partial charge in [0.05, 0.1) is 6.10 Å². The molecule has 1 aromatic rings. The van der Waals surface area contributed by atoms with Crippen molar-refractivity contribution in [3.8, 4) is 0 Å². The van der Waals surface area contributed by atoms with E-state index >= 15 is 0 Å². The monoisotopic (exact) mass is 188 g/mol. The van der Waals surface area contributed by atoms with E-state index < -0.39 is 6.10 Å². The predicted octanol–water partition coefficient (Wildman–Crippen LogP) is 2.89. The highest BCUT2D eigenvalue weighted by molar-refractivity contribution is 5.26. The molecule has 14 heavy (non-hydrogen) atoms. The normalized spacial score (nSPS) is 14.4. The van der Waals surface area contributed by atoms with Gasteiger partial charge in [0.1, 0.15) is 0 Å². The highest BCUT2D eigenvalue weighted by Gasteiger charge is 2.16. The zero-order valence-electron chi connectivity index (χ0n) is 8.48. The van der Waals surface area contributed by atoms with Crippen LogP contribution in [0.2, 0.25) is 0 Å². The zero-order chi connectivity index (χ0) is 10.6. The lowest BCUT2D eigenvalue weighted by Crippen LogP contribution is -2.16. The minimum atomic E-state index is -0.546. The molecule has 0 aliphatic carbocycles. The highest BCUT2D eigenvalue weighted by Crippen LogP contribution is 2.22. The van der Waals surface area contributed by atoms with Gasteiger partial charge in [0, 0.05) is 5.92 Å². The SMILES string of the molecule is C=CC(=C)[C@@H](O)[C@H](C)c1ccccc1. The summed E-state index contributed by atoms with van der Waals surface area (Å²) in [6.07, 6.45) is 1.05. The third-order valence-corrected chi connectivity index (χ3v) is 2.44. The molecule has 1 rings (SSSR count). The molecule has 0 saturated heterocycles. The fourth-order valence-electron chi connectivity index (χ4n) is 1.38. The number of hydrogen-bond acceptors (Lipinski definition) is 1. The molecule has 0 amide bonds. The van der Waals surface area contributed by atoms with Crippen LogP contribution >= 0.6 is 0 Å². The van der Waals surface area contributed by atoms with Crippen molar-refractivity contribution in [2.45, 2.75) is 18.9 Å². The van der Waals surface area contributed by atoms with Crippen molar-refractivity contribution in [1.82, 2.24) is 0 Å². The van der Waals surface area contributed by atoms with Crippen LogP contribution in [0.1, 0.15) is 18.4 Å². The standard InChI is InChI=1S/C13H16O/c1-4-10(2)13(14)11(3)12-8-6-5-7-9-12/h4-9,11,13-14H,1-2H2,3H3/t11-,13-/m1/s1. The summed E-state index contributed by atoms with van der Waals surface area (Å²) in [4.78, 5) is 0. The first-order valence-electron chi connectivity index (χ1n) is 4.71. The molecule has 0 radical (unpaired) electrons. The van der Waals surface area contributed by atoms with E-state index in [9.17, 15) is 5.11 Å². The Bertz CT molecular complexity index is 313. The molecule has 74 valence electrons. The van der Waals surface area contributed by atoms with Gasteiger partial charge < -0.3 is 5.11 Å². The summed E-state index contributed by atoms with van der Waals surface area (Å²) in [5.74, 6) is 0.0571. The van der Waals surface area contributed by atoms with Crippen LogP contribution in [-0.2, 0) is 0 Å². The molecule has 0 heterocycles. The largest absolute Gasteiger partial charge is 0.388 e. The van der Waals surface area contributed by atoms with Crippen molar-refractivity contribution >= 4 is 0 Å². The topological polar surface area (TPSA) is 20.2 Å². The maximum absolute atomic E-state index is 9.87. The molecule has 2 atom stereocenters. The van der Waals surface area contributed by atoms with E-state index in [0.717, 1.165) is 5.56 Å². The van der Waals surface area contributed by atoms with E-state index in [2.05, 4.69) is 13.2 Å². The number of aliphatic hydroxyl groups excluding tert-OH is 1. The van der Waals surface area contributed by atoms with Crippen molar-refractivity contribution in [3.63, 3.8) is 0 Å². The fraction of sp³-hybridized carbons (Fsp3) is 0.231. The molecule has 0 fully saturated rings. The Hall–Kier alpha value is -1.34. The number of rotatable bonds is 4. The van der Waals surface area contributed by atoms with Gasteiger partial charge in [-0.1, -0.05) is 56.5 Å².